The molecule has 1 saturated carbocycles. The molecule has 1 aromatic rings. The van der Waals surface area contributed by atoms with E-state index in [2.05, 4.69) is 4.72 Å². The molecule has 5 heteroatoms. The molecule has 1 fully saturated rings. The number of nitrogens with two attached hydrogens (primary N) is 1. The van der Waals surface area contributed by atoms with Gasteiger partial charge in [0.05, 0.1) is 0 Å². The van der Waals surface area contributed by atoms with Gasteiger partial charge >= 0.3 is 0 Å². The minimum Gasteiger partial charge on any atom is -0.328 e. The lowest BCUT2D eigenvalue weighted by atomic mass is 9.93. The van der Waals surface area contributed by atoms with E-state index in [1.165, 1.54) is 5.41 Å². The van der Waals surface area contributed by atoms with Gasteiger partial charge < -0.3 is 5.73 Å². The standard InChI is InChI=1S/C14H20N2O2S/c15-13-6-8-14(9-7-13)16-19(17,18)11-10-12-4-2-1-3-5-12/h1-5,10-11,13-14,16H,6-9,15H2. The van der Waals surface area contributed by atoms with Gasteiger partial charge in [-0.05, 0) is 37.3 Å². The Hall–Kier alpha value is -1.17. The van der Waals surface area contributed by atoms with Gasteiger partial charge in [0.2, 0.25) is 10.0 Å². The maximum atomic E-state index is 11.9. The smallest absolute Gasteiger partial charge is 0.233 e. The van der Waals surface area contributed by atoms with Gasteiger partial charge in [-0.2, -0.15) is 0 Å². The van der Waals surface area contributed by atoms with E-state index in [-0.39, 0.29) is 12.1 Å². The lowest BCUT2D eigenvalue weighted by molar-refractivity contribution is 0.374. The van der Waals surface area contributed by atoms with Crippen molar-refractivity contribution in [2.45, 2.75) is 37.8 Å². The van der Waals surface area contributed by atoms with Crippen LogP contribution in [-0.4, -0.2) is 20.5 Å². The molecule has 0 aliphatic heterocycles. The Balaban J connectivity index is 1.94. The van der Waals surface area contributed by atoms with Crippen molar-refractivity contribution in [2.75, 3.05) is 0 Å². The topological polar surface area (TPSA) is 72.2 Å². The molecule has 0 spiro atoms. The molecule has 19 heavy (non-hydrogen) atoms. The van der Waals surface area contributed by atoms with Crippen LogP contribution >= 0.6 is 0 Å². The normalized spacial score (nSPS) is 24.7. The Morgan fingerprint density at radius 2 is 1.74 bits per heavy atom. The zero-order valence-electron chi connectivity index (χ0n) is 10.8. The van der Waals surface area contributed by atoms with Crippen molar-refractivity contribution in [3.63, 3.8) is 0 Å². The largest absolute Gasteiger partial charge is 0.328 e. The molecule has 104 valence electrons. The molecule has 3 N–H and O–H groups in total. The predicted molar refractivity (Wildman–Crippen MR) is 77.8 cm³/mol. The summed E-state index contributed by atoms with van der Waals surface area (Å²) in [7, 11) is -3.37. The number of hydrogen-bond acceptors (Lipinski definition) is 3. The van der Waals surface area contributed by atoms with Crippen LogP contribution in [0.2, 0.25) is 0 Å². The fraction of sp³-hybridized carbons (Fsp3) is 0.429. The van der Waals surface area contributed by atoms with E-state index >= 15 is 0 Å². The molecule has 0 bridgehead atoms. The number of sulfonamides is 1. The van der Waals surface area contributed by atoms with Gasteiger partial charge in [-0.15, -0.1) is 0 Å². The lowest BCUT2D eigenvalue weighted by Crippen LogP contribution is -2.39. The van der Waals surface area contributed by atoms with Crippen molar-refractivity contribution in [3.8, 4) is 0 Å². The highest BCUT2D eigenvalue weighted by Crippen LogP contribution is 2.18. The van der Waals surface area contributed by atoms with Gasteiger partial charge in [0.25, 0.3) is 0 Å². The molecular weight excluding hydrogens is 260 g/mol. The summed E-state index contributed by atoms with van der Waals surface area (Å²) in [6, 6.07) is 9.63. The summed E-state index contributed by atoms with van der Waals surface area (Å²) in [4.78, 5) is 0. The minimum atomic E-state index is -3.37. The summed E-state index contributed by atoms with van der Waals surface area (Å²) >= 11 is 0. The van der Waals surface area contributed by atoms with Gasteiger partial charge in [-0.3, -0.25) is 0 Å². The summed E-state index contributed by atoms with van der Waals surface area (Å²) in [6.45, 7) is 0. The zero-order valence-corrected chi connectivity index (χ0v) is 11.6. The van der Waals surface area contributed by atoms with Gasteiger partial charge in [0.1, 0.15) is 0 Å². The van der Waals surface area contributed by atoms with E-state index in [1.807, 2.05) is 30.3 Å². The van der Waals surface area contributed by atoms with Crippen molar-refractivity contribution in [2.24, 2.45) is 5.73 Å². The van der Waals surface area contributed by atoms with E-state index in [9.17, 15) is 8.42 Å². The number of rotatable bonds is 4. The van der Waals surface area contributed by atoms with Crippen LogP contribution in [0.1, 0.15) is 31.2 Å². The second-order valence-electron chi connectivity index (χ2n) is 4.99. The minimum absolute atomic E-state index is 0.0187. The van der Waals surface area contributed by atoms with E-state index in [1.54, 1.807) is 6.08 Å². The molecule has 4 nitrogen and oxygen atoms in total. The molecule has 0 saturated heterocycles. The molecule has 0 unspecified atom stereocenters. The Kier molecular flexibility index (Phi) is 4.74. The number of hydrogen-bond donors (Lipinski definition) is 2. The average molecular weight is 280 g/mol. The monoisotopic (exact) mass is 280 g/mol. The lowest BCUT2D eigenvalue weighted by Gasteiger charge is -2.25. The quantitative estimate of drug-likeness (QED) is 0.884. The third-order valence-corrected chi connectivity index (χ3v) is 4.50. The Morgan fingerprint density at radius 1 is 1.11 bits per heavy atom. The Labute approximate surface area is 114 Å². The summed E-state index contributed by atoms with van der Waals surface area (Å²) in [5, 5.41) is 1.23. The van der Waals surface area contributed by atoms with E-state index in [0.29, 0.717) is 0 Å². The molecule has 0 atom stereocenters. The summed E-state index contributed by atoms with van der Waals surface area (Å²) < 4.78 is 26.6. The second kappa shape index (κ2) is 6.32. The molecular formula is C14H20N2O2S. The van der Waals surface area contributed by atoms with Crippen molar-refractivity contribution in [1.29, 1.82) is 0 Å². The first-order valence-corrected chi connectivity index (χ1v) is 8.11. The average Bonchev–Trinajstić information content (AvgIpc) is 2.40. The summed E-state index contributed by atoms with van der Waals surface area (Å²) in [5.74, 6) is 0. The third kappa shape index (κ3) is 4.78. The molecule has 1 aliphatic carbocycles. The Morgan fingerprint density at radius 3 is 2.37 bits per heavy atom. The van der Waals surface area contributed by atoms with E-state index < -0.39 is 10.0 Å². The fourth-order valence-electron chi connectivity index (χ4n) is 2.24. The third-order valence-electron chi connectivity index (χ3n) is 3.34. The van der Waals surface area contributed by atoms with Crippen LogP contribution in [0.15, 0.2) is 35.7 Å². The first-order chi connectivity index (χ1) is 9.05. The molecule has 1 aromatic carbocycles. The number of benzene rings is 1. The van der Waals surface area contributed by atoms with Gasteiger partial charge in [-0.1, -0.05) is 30.3 Å². The number of nitrogens with one attached hydrogen (secondary N) is 1. The Bertz CT molecular complexity index is 518. The van der Waals surface area contributed by atoms with E-state index in [0.717, 1.165) is 31.2 Å². The van der Waals surface area contributed by atoms with Crippen LogP contribution in [0.25, 0.3) is 6.08 Å². The van der Waals surface area contributed by atoms with Crippen molar-refractivity contribution >= 4 is 16.1 Å². The van der Waals surface area contributed by atoms with Gasteiger partial charge in [-0.25, -0.2) is 13.1 Å². The van der Waals surface area contributed by atoms with Gasteiger partial charge in [0.15, 0.2) is 0 Å². The van der Waals surface area contributed by atoms with Crippen molar-refractivity contribution in [1.82, 2.24) is 4.72 Å². The van der Waals surface area contributed by atoms with Crippen LogP contribution in [0, 0.1) is 0 Å². The van der Waals surface area contributed by atoms with Crippen molar-refractivity contribution in [3.05, 3.63) is 41.3 Å². The molecule has 0 heterocycles. The van der Waals surface area contributed by atoms with Crippen molar-refractivity contribution < 1.29 is 8.42 Å². The fourth-order valence-corrected chi connectivity index (χ4v) is 3.36. The SMILES string of the molecule is NC1CCC(NS(=O)(=O)C=Cc2ccccc2)CC1. The maximum absolute atomic E-state index is 11.9. The van der Waals surface area contributed by atoms with Crippen LogP contribution in [0.3, 0.4) is 0 Å². The highest BCUT2D eigenvalue weighted by atomic mass is 32.2. The molecule has 0 radical (unpaired) electrons. The second-order valence-corrected chi connectivity index (χ2v) is 6.59. The molecule has 0 aromatic heterocycles. The molecule has 1 aliphatic rings. The predicted octanol–water partition coefficient (Wildman–Crippen LogP) is 1.85. The highest BCUT2D eigenvalue weighted by molar-refractivity contribution is 7.92. The van der Waals surface area contributed by atoms with Crippen LogP contribution < -0.4 is 10.5 Å². The summed E-state index contributed by atoms with van der Waals surface area (Å²) in [5.41, 5.74) is 6.68. The van der Waals surface area contributed by atoms with E-state index in [4.69, 9.17) is 5.73 Å². The first-order valence-electron chi connectivity index (χ1n) is 6.56. The molecule has 0 amide bonds. The summed E-state index contributed by atoms with van der Waals surface area (Å²) in [6.07, 6.45) is 5.02. The molecule has 2 rings (SSSR count). The van der Waals surface area contributed by atoms with Crippen LogP contribution in [-0.2, 0) is 10.0 Å². The zero-order chi connectivity index (χ0) is 13.7. The van der Waals surface area contributed by atoms with Crippen LogP contribution in [0.4, 0.5) is 0 Å². The van der Waals surface area contributed by atoms with Gasteiger partial charge in [0, 0.05) is 17.5 Å². The van der Waals surface area contributed by atoms with Crippen LogP contribution in [0.5, 0.6) is 0 Å². The maximum Gasteiger partial charge on any atom is 0.233 e. The first kappa shape index (κ1) is 14.2. The highest BCUT2D eigenvalue weighted by Gasteiger charge is 2.21.